The number of hydrogen-bond acceptors (Lipinski definition) is 5. The van der Waals surface area contributed by atoms with Crippen molar-refractivity contribution >= 4 is 7.82 Å². The van der Waals surface area contributed by atoms with Crippen LogP contribution in [-0.2, 0) is 18.3 Å². The van der Waals surface area contributed by atoms with E-state index in [0.29, 0.717) is 24.2 Å². The van der Waals surface area contributed by atoms with Crippen molar-refractivity contribution in [3.05, 3.63) is 0 Å². The summed E-state index contributed by atoms with van der Waals surface area (Å²) in [5.74, 6) is 0. The van der Waals surface area contributed by atoms with Gasteiger partial charge in [-0.1, -0.05) is 90.4 Å². The van der Waals surface area contributed by atoms with Gasteiger partial charge in [0.1, 0.15) is 19.3 Å². The van der Waals surface area contributed by atoms with Gasteiger partial charge in [0, 0.05) is 13.2 Å². The van der Waals surface area contributed by atoms with Gasteiger partial charge < -0.3 is 19.4 Å². The fourth-order valence-corrected chi connectivity index (χ4v) is 4.50. The molecule has 0 spiro atoms. The van der Waals surface area contributed by atoms with Gasteiger partial charge in [-0.25, -0.2) is 4.57 Å². The van der Waals surface area contributed by atoms with E-state index in [1.54, 1.807) is 7.05 Å². The number of rotatable bonds is 25. The summed E-state index contributed by atoms with van der Waals surface area (Å²) in [6.07, 6.45) is 18.1. The summed E-state index contributed by atoms with van der Waals surface area (Å²) in [4.78, 5) is 9.96. The van der Waals surface area contributed by atoms with Crippen molar-refractivity contribution in [1.29, 1.82) is 0 Å². The van der Waals surface area contributed by atoms with Crippen molar-refractivity contribution in [2.45, 2.75) is 103 Å². The average Bonchev–Trinajstić information content (AvgIpc) is 2.72. The Hall–Kier alpha value is -0.0100. The molecule has 7 nitrogen and oxygen atoms in total. The average molecular weight is 496 g/mol. The summed E-state index contributed by atoms with van der Waals surface area (Å²) in [6, 6.07) is 0. The van der Waals surface area contributed by atoms with Gasteiger partial charge in [0.2, 0.25) is 0 Å². The minimum Gasteiger partial charge on any atom is -0.379 e. The quantitative estimate of drug-likeness (QED) is 0.0931. The Morgan fingerprint density at radius 3 is 1.76 bits per heavy atom. The molecular formula is C25H56N2O5P+. The van der Waals surface area contributed by atoms with Crippen molar-refractivity contribution in [2.24, 2.45) is 0 Å². The molecule has 0 aromatic rings. The lowest BCUT2D eigenvalue weighted by Crippen LogP contribution is -2.37. The molecule has 2 atom stereocenters. The predicted octanol–water partition coefficient (Wildman–Crippen LogP) is 5.91. The van der Waals surface area contributed by atoms with Crippen LogP contribution in [0.2, 0.25) is 0 Å². The molecule has 0 aromatic heterocycles. The van der Waals surface area contributed by atoms with Crippen LogP contribution in [0.25, 0.3) is 0 Å². The first-order valence-corrected chi connectivity index (χ1v) is 14.9. The molecule has 0 rings (SSSR count). The zero-order valence-corrected chi connectivity index (χ0v) is 23.4. The van der Waals surface area contributed by atoms with E-state index in [-0.39, 0.29) is 13.2 Å². The number of phosphoric ester groups is 1. The molecule has 0 aromatic carbocycles. The van der Waals surface area contributed by atoms with Gasteiger partial charge in [-0.2, -0.15) is 0 Å². The van der Waals surface area contributed by atoms with Gasteiger partial charge in [0.15, 0.2) is 0 Å². The highest BCUT2D eigenvalue weighted by molar-refractivity contribution is 7.47. The number of nitrogens with zero attached hydrogens (tertiary/aromatic N) is 1. The Labute approximate surface area is 205 Å². The molecule has 0 bridgehead atoms. The molecule has 33 heavy (non-hydrogen) atoms. The minimum absolute atomic E-state index is 0.170. The Morgan fingerprint density at radius 1 is 0.818 bits per heavy atom. The van der Waals surface area contributed by atoms with E-state index in [0.717, 1.165) is 6.42 Å². The highest BCUT2D eigenvalue weighted by Gasteiger charge is 2.27. The van der Waals surface area contributed by atoms with Crippen LogP contribution in [0, 0.1) is 0 Å². The largest absolute Gasteiger partial charge is 0.472 e. The normalized spacial score (nSPS) is 15.0. The van der Waals surface area contributed by atoms with E-state index in [9.17, 15) is 9.46 Å². The second-order valence-corrected chi connectivity index (χ2v) is 11.7. The number of ether oxygens (including phenoxy) is 1. The number of phosphoric acid groups is 1. The Kier molecular flexibility index (Phi) is 21.3. The van der Waals surface area contributed by atoms with Gasteiger partial charge in [-0.15, -0.1) is 0 Å². The predicted molar refractivity (Wildman–Crippen MR) is 139 cm³/mol. The standard InChI is InChI=1S/C25H55N2O5P/c1-6-7-8-9-10-11-12-13-14-15-16-17-18-19-21-30-24-25(23-26-2)32-33(28,29)31-22-20-27(3,4)5/h25-26H,6-24H2,1-5H3/p+1. The zero-order chi connectivity index (χ0) is 24.8. The van der Waals surface area contributed by atoms with Crippen LogP contribution in [0.1, 0.15) is 96.8 Å². The lowest BCUT2D eigenvalue weighted by Gasteiger charge is -2.25. The highest BCUT2D eigenvalue weighted by atomic mass is 31.2. The first-order chi connectivity index (χ1) is 15.7. The van der Waals surface area contributed by atoms with Crippen molar-refractivity contribution in [3.8, 4) is 0 Å². The van der Waals surface area contributed by atoms with Crippen LogP contribution in [0.4, 0.5) is 0 Å². The summed E-state index contributed by atoms with van der Waals surface area (Å²) in [7, 11) is 3.70. The van der Waals surface area contributed by atoms with Crippen LogP contribution in [0.5, 0.6) is 0 Å². The van der Waals surface area contributed by atoms with Gasteiger partial charge in [-0.3, -0.25) is 9.05 Å². The number of quaternary nitrogens is 1. The van der Waals surface area contributed by atoms with Crippen LogP contribution in [0.3, 0.4) is 0 Å². The second kappa shape index (κ2) is 21.3. The molecule has 0 saturated heterocycles. The van der Waals surface area contributed by atoms with Crippen LogP contribution in [-0.4, -0.2) is 76.6 Å². The maximum atomic E-state index is 12.2. The van der Waals surface area contributed by atoms with E-state index >= 15 is 0 Å². The zero-order valence-electron chi connectivity index (χ0n) is 22.5. The Bertz CT molecular complexity index is 474. The molecule has 0 saturated carbocycles. The van der Waals surface area contributed by atoms with Gasteiger partial charge in [0.05, 0.1) is 27.7 Å². The molecule has 0 fully saturated rings. The first kappa shape index (κ1) is 33.0. The SMILES string of the molecule is CCCCCCCCCCCCCCCCOCC(CNC)OP(=O)(O)OCC[N+](C)(C)C. The van der Waals surface area contributed by atoms with E-state index < -0.39 is 13.9 Å². The fourth-order valence-electron chi connectivity index (χ4n) is 3.62. The third-order valence-corrected chi connectivity index (χ3v) is 6.75. The molecule has 0 radical (unpaired) electrons. The molecule has 200 valence electrons. The summed E-state index contributed by atoms with van der Waals surface area (Å²) < 4.78 is 29.0. The summed E-state index contributed by atoms with van der Waals surface area (Å²) >= 11 is 0. The molecule has 0 heterocycles. The van der Waals surface area contributed by atoms with Crippen LogP contribution < -0.4 is 5.32 Å². The van der Waals surface area contributed by atoms with Gasteiger partial charge >= 0.3 is 7.82 Å². The lowest BCUT2D eigenvalue weighted by atomic mass is 10.0. The molecule has 8 heteroatoms. The molecular weight excluding hydrogens is 439 g/mol. The monoisotopic (exact) mass is 495 g/mol. The van der Waals surface area contributed by atoms with Crippen molar-refractivity contribution in [2.75, 3.05) is 61.1 Å². The highest BCUT2D eigenvalue weighted by Crippen LogP contribution is 2.44. The summed E-state index contributed by atoms with van der Waals surface area (Å²) in [5.41, 5.74) is 0. The Morgan fingerprint density at radius 2 is 1.30 bits per heavy atom. The number of likely N-dealkylation sites (N-methyl/N-ethyl adjacent to an activating group) is 2. The molecule has 2 unspecified atom stereocenters. The maximum absolute atomic E-state index is 12.2. The van der Waals surface area contributed by atoms with E-state index in [1.165, 1.54) is 83.5 Å². The van der Waals surface area contributed by atoms with Gasteiger partial charge in [0.25, 0.3) is 0 Å². The third kappa shape index (κ3) is 24.9. The maximum Gasteiger partial charge on any atom is 0.472 e. The van der Waals surface area contributed by atoms with E-state index in [2.05, 4.69) is 12.2 Å². The number of hydrogen-bond donors (Lipinski definition) is 2. The number of unbranched alkanes of at least 4 members (excludes halogenated alkanes) is 13. The lowest BCUT2D eigenvalue weighted by molar-refractivity contribution is -0.870. The molecule has 2 N–H and O–H groups in total. The van der Waals surface area contributed by atoms with Crippen molar-refractivity contribution in [3.63, 3.8) is 0 Å². The van der Waals surface area contributed by atoms with E-state index in [1.807, 2.05) is 21.1 Å². The molecule has 0 aliphatic carbocycles. The van der Waals surface area contributed by atoms with Gasteiger partial charge in [-0.05, 0) is 13.5 Å². The second-order valence-electron chi connectivity index (χ2n) is 10.3. The fraction of sp³-hybridized carbons (Fsp3) is 1.00. The minimum atomic E-state index is -4.09. The first-order valence-electron chi connectivity index (χ1n) is 13.4. The summed E-state index contributed by atoms with van der Waals surface area (Å²) in [6.45, 7) is 4.43. The van der Waals surface area contributed by atoms with Crippen molar-refractivity contribution < 1.29 is 27.7 Å². The molecule has 0 amide bonds. The molecule has 0 aliphatic heterocycles. The van der Waals surface area contributed by atoms with E-state index in [4.69, 9.17) is 13.8 Å². The van der Waals surface area contributed by atoms with Crippen LogP contribution >= 0.6 is 7.82 Å². The Balaban J connectivity index is 3.66. The smallest absolute Gasteiger partial charge is 0.379 e. The topological polar surface area (TPSA) is 77.0 Å². The number of nitrogens with one attached hydrogen (secondary N) is 1. The third-order valence-electron chi connectivity index (χ3n) is 5.68. The van der Waals surface area contributed by atoms with Crippen LogP contribution in [0.15, 0.2) is 0 Å². The molecule has 0 aliphatic rings. The van der Waals surface area contributed by atoms with Crippen molar-refractivity contribution in [1.82, 2.24) is 5.32 Å². The summed E-state index contributed by atoms with van der Waals surface area (Å²) in [5, 5.41) is 2.98.